The average molecular weight is 202 g/mol. The van der Waals surface area contributed by atoms with Crippen LogP contribution in [0.1, 0.15) is 5.56 Å². The summed E-state index contributed by atoms with van der Waals surface area (Å²) in [5, 5.41) is 1.98. The third kappa shape index (κ3) is 1.54. The van der Waals surface area contributed by atoms with Crippen molar-refractivity contribution < 1.29 is 0 Å². The van der Waals surface area contributed by atoms with Crippen molar-refractivity contribution in [1.29, 1.82) is 0 Å². The number of thiophene rings is 1. The van der Waals surface area contributed by atoms with E-state index in [9.17, 15) is 0 Å². The van der Waals surface area contributed by atoms with Crippen LogP contribution in [-0.4, -0.2) is 0 Å². The Balaban J connectivity index is 2.84. The van der Waals surface area contributed by atoms with Crippen LogP contribution < -0.4 is 0 Å². The first-order chi connectivity index (χ1) is 4.34. The van der Waals surface area contributed by atoms with Gasteiger partial charge in [0.15, 0.2) is 0 Å². The van der Waals surface area contributed by atoms with Crippen molar-refractivity contribution in [2.24, 2.45) is 0 Å². The predicted molar refractivity (Wildman–Crippen MR) is 42.3 cm³/mol. The fourth-order valence-corrected chi connectivity index (χ4v) is 1.73. The molecule has 0 aliphatic heterocycles. The SMILES string of the molecule is [C-]#[N+]Cc1ccsc1Br. The Hall–Kier alpha value is -0.330. The van der Waals surface area contributed by atoms with Gasteiger partial charge in [0.05, 0.1) is 9.35 Å². The molecule has 0 amide bonds. The molecule has 1 nitrogen and oxygen atoms in total. The lowest BCUT2D eigenvalue weighted by Crippen LogP contribution is -1.70. The van der Waals surface area contributed by atoms with E-state index in [-0.39, 0.29) is 0 Å². The van der Waals surface area contributed by atoms with E-state index in [1.807, 2.05) is 11.4 Å². The van der Waals surface area contributed by atoms with E-state index in [1.165, 1.54) is 0 Å². The molecule has 0 spiro atoms. The Labute approximate surface area is 66.3 Å². The molecular formula is C6H4BrNS. The first-order valence-corrected chi connectivity index (χ1v) is 4.07. The molecule has 1 aromatic rings. The number of halogens is 1. The van der Waals surface area contributed by atoms with Crippen molar-refractivity contribution in [2.75, 3.05) is 0 Å². The Morgan fingerprint density at radius 3 is 3.00 bits per heavy atom. The molecule has 1 aromatic heterocycles. The van der Waals surface area contributed by atoms with Gasteiger partial charge in [0.1, 0.15) is 0 Å². The minimum absolute atomic E-state index is 0.490. The summed E-state index contributed by atoms with van der Waals surface area (Å²) in [4.78, 5) is 3.27. The molecule has 0 radical (unpaired) electrons. The Kier molecular flexibility index (Phi) is 2.26. The van der Waals surface area contributed by atoms with E-state index in [2.05, 4.69) is 20.8 Å². The summed E-state index contributed by atoms with van der Waals surface area (Å²) in [7, 11) is 0. The fraction of sp³-hybridized carbons (Fsp3) is 0.167. The average Bonchev–Trinajstić information content (AvgIpc) is 2.18. The van der Waals surface area contributed by atoms with Crippen molar-refractivity contribution >= 4 is 27.3 Å². The molecule has 1 heterocycles. The van der Waals surface area contributed by atoms with Crippen LogP contribution in [0.3, 0.4) is 0 Å². The zero-order valence-electron chi connectivity index (χ0n) is 4.60. The molecule has 0 saturated carbocycles. The number of nitrogens with zero attached hydrogens (tertiary/aromatic N) is 1. The number of hydrogen-bond donors (Lipinski definition) is 0. The summed E-state index contributed by atoms with van der Waals surface area (Å²) in [5.41, 5.74) is 1.09. The highest BCUT2D eigenvalue weighted by Gasteiger charge is 2.00. The molecule has 0 unspecified atom stereocenters. The van der Waals surface area contributed by atoms with Gasteiger partial charge in [-0.3, -0.25) is 0 Å². The lowest BCUT2D eigenvalue weighted by atomic mass is 10.3. The predicted octanol–water partition coefficient (Wildman–Crippen LogP) is 2.93. The van der Waals surface area contributed by atoms with Gasteiger partial charge < -0.3 is 4.85 Å². The summed E-state index contributed by atoms with van der Waals surface area (Å²) >= 11 is 4.96. The summed E-state index contributed by atoms with van der Waals surface area (Å²) in [5.74, 6) is 0. The molecule has 0 N–H and O–H groups in total. The van der Waals surface area contributed by atoms with Gasteiger partial charge in [0.2, 0.25) is 6.54 Å². The molecular weight excluding hydrogens is 198 g/mol. The monoisotopic (exact) mass is 201 g/mol. The molecule has 0 fully saturated rings. The first-order valence-electron chi connectivity index (χ1n) is 2.39. The lowest BCUT2D eigenvalue weighted by Gasteiger charge is -1.81. The highest BCUT2D eigenvalue weighted by atomic mass is 79.9. The Morgan fingerprint density at radius 2 is 2.56 bits per heavy atom. The van der Waals surface area contributed by atoms with Crippen LogP contribution in [0.2, 0.25) is 0 Å². The highest BCUT2D eigenvalue weighted by Crippen LogP contribution is 2.23. The lowest BCUT2D eigenvalue weighted by molar-refractivity contribution is 1.28. The third-order valence-corrected chi connectivity index (χ3v) is 2.75. The number of rotatable bonds is 1. The van der Waals surface area contributed by atoms with E-state index < -0.39 is 0 Å². The van der Waals surface area contributed by atoms with Crippen LogP contribution in [0.15, 0.2) is 15.2 Å². The molecule has 1 rings (SSSR count). The van der Waals surface area contributed by atoms with Crippen LogP contribution in [0.4, 0.5) is 0 Å². The molecule has 0 aliphatic rings. The smallest absolute Gasteiger partial charge is 0.241 e. The molecule has 46 valence electrons. The van der Waals surface area contributed by atoms with E-state index in [0.29, 0.717) is 6.54 Å². The Bertz CT molecular complexity index is 235. The molecule has 0 aromatic carbocycles. The Morgan fingerprint density at radius 1 is 1.78 bits per heavy atom. The zero-order valence-corrected chi connectivity index (χ0v) is 7.00. The van der Waals surface area contributed by atoms with Gasteiger partial charge in [-0.15, -0.1) is 11.3 Å². The normalized spacial score (nSPS) is 8.89. The summed E-state index contributed by atoms with van der Waals surface area (Å²) < 4.78 is 1.08. The van der Waals surface area contributed by atoms with Crippen molar-refractivity contribution in [3.05, 3.63) is 32.2 Å². The van der Waals surface area contributed by atoms with Gasteiger partial charge in [0, 0.05) is 0 Å². The van der Waals surface area contributed by atoms with Crippen molar-refractivity contribution in [3.63, 3.8) is 0 Å². The summed E-state index contributed by atoms with van der Waals surface area (Å²) in [6, 6.07) is 1.97. The van der Waals surface area contributed by atoms with E-state index in [1.54, 1.807) is 11.3 Å². The van der Waals surface area contributed by atoms with Crippen LogP contribution in [0.5, 0.6) is 0 Å². The van der Waals surface area contributed by atoms with Crippen molar-refractivity contribution in [3.8, 4) is 0 Å². The minimum Gasteiger partial charge on any atom is -0.312 e. The fourth-order valence-electron chi connectivity index (χ4n) is 0.517. The molecule has 0 atom stereocenters. The second kappa shape index (κ2) is 3.00. The summed E-state index contributed by atoms with van der Waals surface area (Å²) in [6.45, 7) is 7.07. The van der Waals surface area contributed by atoms with Gasteiger partial charge in [-0.2, -0.15) is 0 Å². The second-order valence-electron chi connectivity index (χ2n) is 1.54. The third-order valence-electron chi connectivity index (χ3n) is 0.943. The van der Waals surface area contributed by atoms with E-state index >= 15 is 0 Å². The van der Waals surface area contributed by atoms with Crippen LogP contribution in [0, 0.1) is 6.57 Å². The van der Waals surface area contributed by atoms with Crippen LogP contribution in [0.25, 0.3) is 4.85 Å². The highest BCUT2D eigenvalue weighted by molar-refractivity contribution is 9.11. The molecule has 3 heteroatoms. The molecule has 0 aliphatic carbocycles. The van der Waals surface area contributed by atoms with Crippen molar-refractivity contribution in [1.82, 2.24) is 0 Å². The molecule has 0 saturated heterocycles. The van der Waals surface area contributed by atoms with Gasteiger partial charge in [-0.25, -0.2) is 6.57 Å². The van der Waals surface area contributed by atoms with Crippen LogP contribution in [-0.2, 0) is 6.54 Å². The molecule has 0 bridgehead atoms. The van der Waals surface area contributed by atoms with Gasteiger partial charge >= 0.3 is 0 Å². The first kappa shape index (κ1) is 6.79. The maximum absolute atomic E-state index is 6.58. The van der Waals surface area contributed by atoms with Crippen molar-refractivity contribution in [2.45, 2.75) is 6.54 Å². The van der Waals surface area contributed by atoms with E-state index in [4.69, 9.17) is 6.57 Å². The topological polar surface area (TPSA) is 4.36 Å². The maximum Gasteiger partial charge on any atom is 0.241 e. The van der Waals surface area contributed by atoms with E-state index in [0.717, 1.165) is 9.35 Å². The molecule has 9 heavy (non-hydrogen) atoms. The second-order valence-corrected chi connectivity index (χ2v) is 3.77. The maximum atomic E-state index is 6.58. The van der Waals surface area contributed by atoms with Gasteiger partial charge in [-0.1, -0.05) is 0 Å². The van der Waals surface area contributed by atoms with Gasteiger partial charge in [-0.05, 0) is 27.4 Å². The quantitative estimate of drug-likeness (QED) is 0.616. The summed E-state index contributed by atoms with van der Waals surface area (Å²) in [6.07, 6.45) is 0. The largest absolute Gasteiger partial charge is 0.312 e. The van der Waals surface area contributed by atoms with Crippen LogP contribution >= 0.6 is 27.3 Å². The standard InChI is InChI=1S/C6H4BrNS/c1-8-4-5-2-3-9-6(5)7/h2-3H,4H2. The zero-order chi connectivity index (χ0) is 6.69. The van der Waals surface area contributed by atoms with Gasteiger partial charge in [0.25, 0.3) is 0 Å². The number of hydrogen-bond acceptors (Lipinski definition) is 1. The minimum atomic E-state index is 0.490.